The van der Waals surface area contributed by atoms with Gasteiger partial charge in [-0.25, -0.2) is 0 Å². The average Bonchev–Trinajstić information content (AvgIpc) is 2.64. The third-order valence-corrected chi connectivity index (χ3v) is 5.01. The third kappa shape index (κ3) is 4.46. The molecular weight excluding hydrogens is 292 g/mol. The fraction of sp³-hybridized carbons (Fsp3) is 0.455. The summed E-state index contributed by atoms with van der Waals surface area (Å²) in [4.78, 5) is 2.66. The zero-order chi connectivity index (χ0) is 16.8. The van der Waals surface area contributed by atoms with Gasteiger partial charge in [0.25, 0.3) is 0 Å². The monoisotopic (exact) mass is 322 g/mol. The van der Waals surface area contributed by atoms with Gasteiger partial charge in [0.05, 0.1) is 0 Å². The Morgan fingerprint density at radius 3 is 2.08 bits per heavy atom. The van der Waals surface area contributed by atoms with Gasteiger partial charge in [-0.05, 0) is 35.4 Å². The number of hydrogen-bond acceptors (Lipinski definition) is 2. The number of nitrogens with zero attached hydrogens (tertiary/aromatic N) is 1. The van der Waals surface area contributed by atoms with Crippen LogP contribution in [0, 0.1) is 5.92 Å². The van der Waals surface area contributed by atoms with Gasteiger partial charge in [-0.15, -0.1) is 0 Å². The normalized spacial score (nSPS) is 17.1. The molecule has 1 atom stereocenters. The van der Waals surface area contributed by atoms with Gasteiger partial charge >= 0.3 is 0 Å². The van der Waals surface area contributed by atoms with Crippen LogP contribution in [0.1, 0.15) is 38.3 Å². The molecule has 0 saturated carbocycles. The lowest BCUT2D eigenvalue weighted by molar-refractivity contribution is 0.160. The van der Waals surface area contributed by atoms with E-state index in [1.807, 2.05) is 0 Å². The Hall–Kier alpha value is -1.64. The fourth-order valence-electron chi connectivity index (χ4n) is 3.57. The quantitative estimate of drug-likeness (QED) is 0.826. The predicted molar refractivity (Wildman–Crippen MR) is 103 cm³/mol. The molecular formula is C22H30N2. The van der Waals surface area contributed by atoms with E-state index in [1.165, 1.54) is 29.5 Å². The first-order valence-corrected chi connectivity index (χ1v) is 9.34. The number of hydrogen-bond donors (Lipinski definition) is 1. The van der Waals surface area contributed by atoms with Crippen LogP contribution in [0.3, 0.4) is 0 Å². The molecule has 24 heavy (non-hydrogen) atoms. The van der Waals surface area contributed by atoms with Crippen molar-refractivity contribution in [2.45, 2.75) is 32.7 Å². The van der Waals surface area contributed by atoms with E-state index in [4.69, 9.17) is 0 Å². The number of piperazine rings is 1. The first kappa shape index (κ1) is 17.2. The second kappa shape index (κ2) is 8.46. The molecule has 2 aromatic carbocycles. The summed E-state index contributed by atoms with van der Waals surface area (Å²) in [5, 5.41) is 3.47. The van der Waals surface area contributed by atoms with Gasteiger partial charge in [-0.3, -0.25) is 4.90 Å². The molecule has 0 unspecified atom stereocenters. The van der Waals surface area contributed by atoms with Crippen LogP contribution in [0.4, 0.5) is 0 Å². The van der Waals surface area contributed by atoms with Crippen molar-refractivity contribution in [3.05, 3.63) is 60.2 Å². The molecule has 1 fully saturated rings. The van der Waals surface area contributed by atoms with Gasteiger partial charge in [-0.2, -0.15) is 0 Å². The highest BCUT2D eigenvalue weighted by molar-refractivity contribution is 5.63. The minimum Gasteiger partial charge on any atom is -0.314 e. The van der Waals surface area contributed by atoms with E-state index >= 15 is 0 Å². The molecule has 0 amide bonds. The summed E-state index contributed by atoms with van der Waals surface area (Å²) in [5.74, 6) is 0.763. The molecule has 2 nitrogen and oxygen atoms in total. The summed E-state index contributed by atoms with van der Waals surface area (Å²) < 4.78 is 0. The largest absolute Gasteiger partial charge is 0.314 e. The molecule has 0 spiro atoms. The lowest BCUT2D eigenvalue weighted by Gasteiger charge is -2.35. The smallest absolute Gasteiger partial charge is 0.0349 e. The second-order valence-corrected chi connectivity index (χ2v) is 7.26. The van der Waals surface area contributed by atoms with Crippen molar-refractivity contribution in [2.75, 3.05) is 26.2 Å². The molecule has 1 heterocycles. The van der Waals surface area contributed by atoms with E-state index in [9.17, 15) is 0 Å². The molecule has 0 bridgehead atoms. The van der Waals surface area contributed by atoms with Gasteiger partial charge in [0, 0.05) is 32.2 Å². The molecule has 0 aliphatic carbocycles. The van der Waals surface area contributed by atoms with Crippen LogP contribution < -0.4 is 5.32 Å². The third-order valence-electron chi connectivity index (χ3n) is 5.01. The van der Waals surface area contributed by atoms with Crippen molar-refractivity contribution in [1.29, 1.82) is 0 Å². The van der Waals surface area contributed by atoms with Crippen molar-refractivity contribution < 1.29 is 0 Å². The minimum atomic E-state index is 0.555. The zero-order valence-electron chi connectivity index (χ0n) is 15.0. The zero-order valence-corrected chi connectivity index (χ0v) is 15.0. The number of nitrogens with one attached hydrogen (secondary N) is 1. The topological polar surface area (TPSA) is 15.3 Å². The molecule has 1 aliphatic rings. The first-order valence-electron chi connectivity index (χ1n) is 9.34. The van der Waals surface area contributed by atoms with E-state index in [0.717, 1.165) is 32.1 Å². The molecule has 0 radical (unpaired) electrons. The van der Waals surface area contributed by atoms with Gasteiger partial charge in [-0.1, -0.05) is 68.4 Å². The molecule has 1 aliphatic heterocycles. The van der Waals surface area contributed by atoms with Crippen LogP contribution in [0.15, 0.2) is 54.6 Å². The Morgan fingerprint density at radius 2 is 1.46 bits per heavy atom. The number of rotatable bonds is 6. The van der Waals surface area contributed by atoms with Crippen LogP contribution in [0.2, 0.25) is 0 Å². The molecule has 3 rings (SSSR count). The van der Waals surface area contributed by atoms with Crippen LogP contribution in [0.5, 0.6) is 0 Å². The van der Waals surface area contributed by atoms with Crippen LogP contribution in [-0.2, 0) is 0 Å². The average molecular weight is 322 g/mol. The van der Waals surface area contributed by atoms with E-state index in [2.05, 4.69) is 78.7 Å². The molecule has 2 aromatic rings. The molecule has 1 N–H and O–H groups in total. The molecule has 0 aromatic heterocycles. The Kier molecular flexibility index (Phi) is 6.06. The maximum absolute atomic E-state index is 3.47. The summed E-state index contributed by atoms with van der Waals surface area (Å²) in [7, 11) is 0. The summed E-state index contributed by atoms with van der Waals surface area (Å²) in [6, 6.07) is 20.5. The van der Waals surface area contributed by atoms with Crippen molar-refractivity contribution in [2.24, 2.45) is 5.92 Å². The Morgan fingerprint density at radius 1 is 0.833 bits per heavy atom. The molecule has 128 valence electrons. The Bertz CT molecular complexity index is 598. The SMILES string of the molecule is CC(C)CC[C@@H](c1ccc(-c2ccccc2)cc1)N1CCNCC1. The van der Waals surface area contributed by atoms with Gasteiger partial charge < -0.3 is 5.32 Å². The molecule has 2 heteroatoms. The summed E-state index contributed by atoms with van der Waals surface area (Å²) >= 11 is 0. The summed E-state index contributed by atoms with van der Waals surface area (Å²) in [5.41, 5.74) is 4.07. The first-order chi connectivity index (χ1) is 11.7. The minimum absolute atomic E-state index is 0.555. The lowest BCUT2D eigenvalue weighted by atomic mass is 9.94. The van der Waals surface area contributed by atoms with E-state index in [0.29, 0.717) is 6.04 Å². The van der Waals surface area contributed by atoms with Gasteiger partial charge in [0.1, 0.15) is 0 Å². The van der Waals surface area contributed by atoms with Crippen LogP contribution in [-0.4, -0.2) is 31.1 Å². The highest BCUT2D eigenvalue weighted by atomic mass is 15.2. The van der Waals surface area contributed by atoms with Crippen molar-refractivity contribution >= 4 is 0 Å². The Balaban J connectivity index is 1.78. The fourth-order valence-corrected chi connectivity index (χ4v) is 3.57. The van der Waals surface area contributed by atoms with Crippen molar-refractivity contribution in [3.8, 4) is 11.1 Å². The lowest BCUT2D eigenvalue weighted by Crippen LogP contribution is -2.45. The summed E-state index contributed by atoms with van der Waals surface area (Å²) in [6.07, 6.45) is 2.54. The Labute approximate surface area is 146 Å². The van der Waals surface area contributed by atoms with Crippen LogP contribution >= 0.6 is 0 Å². The maximum Gasteiger partial charge on any atom is 0.0349 e. The standard InChI is InChI=1S/C22H30N2/c1-18(2)8-13-22(24-16-14-23-15-17-24)21-11-9-20(10-12-21)19-6-4-3-5-7-19/h3-7,9-12,18,22-23H,8,13-17H2,1-2H3/t22-/m0/s1. The van der Waals surface area contributed by atoms with Gasteiger partial charge in [0.15, 0.2) is 0 Å². The predicted octanol–water partition coefficient (Wildman–Crippen LogP) is 4.74. The van der Waals surface area contributed by atoms with E-state index < -0.39 is 0 Å². The van der Waals surface area contributed by atoms with Crippen molar-refractivity contribution in [1.82, 2.24) is 10.2 Å². The van der Waals surface area contributed by atoms with Gasteiger partial charge in [0.2, 0.25) is 0 Å². The highest BCUT2D eigenvalue weighted by Crippen LogP contribution is 2.29. The van der Waals surface area contributed by atoms with Crippen molar-refractivity contribution in [3.63, 3.8) is 0 Å². The highest BCUT2D eigenvalue weighted by Gasteiger charge is 2.22. The molecule has 1 saturated heterocycles. The second-order valence-electron chi connectivity index (χ2n) is 7.26. The van der Waals surface area contributed by atoms with Crippen LogP contribution in [0.25, 0.3) is 11.1 Å². The number of benzene rings is 2. The van der Waals surface area contributed by atoms with E-state index in [1.54, 1.807) is 0 Å². The summed E-state index contributed by atoms with van der Waals surface area (Å²) in [6.45, 7) is 9.19. The maximum atomic E-state index is 3.47. The van der Waals surface area contributed by atoms with E-state index in [-0.39, 0.29) is 0 Å².